The summed E-state index contributed by atoms with van der Waals surface area (Å²) in [6.07, 6.45) is 5.36. The van der Waals surface area contributed by atoms with Crippen molar-refractivity contribution in [2.24, 2.45) is 11.7 Å². The van der Waals surface area contributed by atoms with E-state index in [9.17, 15) is 0 Å². The number of rotatable bonds is 6. The Balaban J connectivity index is 1.79. The van der Waals surface area contributed by atoms with Crippen molar-refractivity contribution >= 4 is 0 Å². The van der Waals surface area contributed by atoms with Crippen LogP contribution in [0.1, 0.15) is 32.6 Å². The highest BCUT2D eigenvalue weighted by Gasteiger charge is 2.19. The first-order chi connectivity index (χ1) is 5.33. The highest BCUT2D eigenvalue weighted by Crippen LogP contribution is 2.31. The van der Waals surface area contributed by atoms with E-state index < -0.39 is 0 Å². The molecule has 0 heterocycles. The zero-order chi connectivity index (χ0) is 8.10. The molecule has 0 spiro atoms. The maximum atomic E-state index is 5.74. The molecule has 1 aliphatic rings. The van der Waals surface area contributed by atoms with Crippen molar-refractivity contribution < 1.29 is 0 Å². The van der Waals surface area contributed by atoms with Crippen LogP contribution in [0.15, 0.2) is 0 Å². The Morgan fingerprint density at radius 3 is 2.82 bits per heavy atom. The standard InChI is InChI=1S/C9H20N2/c1-2-9(10)7-11-6-5-8-3-4-8/h8-9,11H,2-7,10H2,1H3. The van der Waals surface area contributed by atoms with Gasteiger partial charge in [-0.2, -0.15) is 0 Å². The SMILES string of the molecule is CCC(N)CNCCC1CC1. The van der Waals surface area contributed by atoms with Crippen molar-refractivity contribution in [3.8, 4) is 0 Å². The van der Waals surface area contributed by atoms with E-state index in [1.165, 1.54) is 25.8 Å². The van der Waals surface area contributed by atoms with E-state index in [0.29, 0.717) is 6.04 Å². The molecule has 0 saturated heterocycles. The summed E-state index contributed by atoms with van der Waals surface area (Å²) in [6, 6.07) is 0.356. The molecule has 1 unspecified atom stereocenters. The van der Waals surface area contributed by atoms with Crippen LogP contribution in [0.25, 0.3) is 0 Å². The summed E-state index contributed by atoms with van der Waals surface area (Å²) in [7, 11) is 0. The second-order valence-corrected chi connectivity index (χ2v) is 3.60. The molecule has 2 nitrogen and oxygen atoms in total. The van der Waals surface area contributed by atoms with Gasteiger partial charge < -0.3 is 11.1 Å². The maximum absolute atomic E-state index is 5.74. The van der Waals surface area contributed by atoms with Gasteiger partial charge >= 0.3 is 0 Å². The smallest absolute Gasteiger partial charge is 0.0162 e. The zero-order valence-corrected chi connectivity index (χ0v) is 7.47. The van der Waals surface area contributed by atoms with Crippen LogP contribution in [0.3, 0.4) is 0 Å². The van der Waals surface area contributed by atoms with Gasteiger partial charge in [0.05, 0.1) is 0 Å². The number of nitrogens with two attached hydrogens (primary N) is 1. The molecule has 0 radical (unpaired) electrons. The van der Waals surface area contributed by atoms with Gasteiger partial charge in [0.15, 0.2) is 0 Å². The molecule has 0 aromatic carbocycles. The van der Waals surface area contributed by atoms with E-state index in [4.69, 9.17) is 5.73 Å². The van der Waals surface area contributed by atoms with Crippen molar-refractivity contribution in [1.29, 1.82) is 0 Å². The highest BCUT2D eigenvalue weighted by atomic mass is 14.9. The largest absolute Gasteiger partial charge is 0.327 e. The first-order valence-corrected chi connectivity index (χ1v) is 4.79. The summed E-state index contributed by atoms with van der Waals surface area (Å²) in [5.41, 5.74) is 5.74. The van der Waals surface area contributed by atoms with Crippen LogP contribution >= 0.6 is 0 Å². The van der Waals surface area contributed by atoms with E-state index in [0.717, 1.165) is 18.9 Å². The third-order valence-electron chi connectivity index (χ3n) is 2.36. The minimum absolute atomic E-state index is 0.356. The van der Waals surface area contributed by atoms with Crippen molar-refractivity contribution in [1.82, 2.24) is 5.32 Å². The first kappa shape index (κ1) is 9.01. The quantitative estimate of drug-likeness (QED) is 0.565. The van der Waals surface area contributed by atoms with Gasteiger partial charge in [-0.05, 0) is 25.3 Å². The lowest BCUT2D eigenvalue weighted by Gasteiger charge is -2.09. The Kier molecular flexibility index (Phi) is 3.87. The topological polar surface area (TPSA) is 38.0 Å². The Hall–Kier alpha value is -0.0800. The van der Waals surface area contributed by atoms with E-state index >= 15 is 0 Å². The third-order valence-corrected chi connectivity index (χ3v) is 2.36. The molecule has 0 bridgehead atoms. The fourth-order valence-electron chi connectivity index (χ4n) is 1.14. The predicted octanol–water partition coefficient (Wildman–Crippen LogP) is 1.11. The molecular weight excluding hydrogens is 136 g/mol. The van der Waals surface area contributed by atoms with E-state index in [1.54, 1.807) is 0 Å². The zero-order valence-electron chi connectivity index (χ0n) is 7.47. The maximum Gasteiger partial charge on any atom is 0.0162 e. The lowest BCUT2D eigenvalue weighted by Crippen LogP contribution is -2.33. The summed E-state index contributed by atoms with van der Waals surface area (Å²) >= 11 is 0. The monoisotopic (exact) mass is 156 g/mol. The van der Waals surface area contributed by atoms with Crippen LogP contribution in [0, 0.1) is 5.92 Å². The number of hydrogen-bond donors (Lipinski definition) is 2. The summed E-state index contributed by atoms with van der Waals surface area (Å²) in [4.78, 5) is 0. The minimum atomic E-state index is 0.356. The first-order valence-electron chi connectivity index (χ1n) is 4.79. The van der Waals surface area contributed by atoms with E-state index in [2.05, 4.69) is 12.2 Å². The minimum Gasteiger partial charge on any atom is -0.327 e. The third kappa shape index (κ3) is 4.38. The molecule has 0 aliphatic heterocycles. The van der Waals surface area contributed by atoms with Gasteiger partial charge in [-0.3, -0.25) is 0 Å². The number of hydrogen-bond acceptors (Lipinski definition) is 2. The molecule has 66 valence electrons. The molecule has 1 rings (SSSR count). The van der Waals surface area contributed by atoms with Gasteiger partial charge in [0, 0.05) is 12.6 Å². The lowest BCUT2D eigenvalue weighted by molar-refractivity contribution is 0.541. The summed E-state index contributed by atoms with van der Waals surface area (Å²) in [5.74, 6) is 1.04. The Bertz CT molecular complexity index is 99.7. The second-order valence-electron chi connectivity index (χ2n) is 3.60. The second kappa shape index (κ2) is 4.73. The van der Waals surface area contributed by atoms with E-state index in [1.807, 2.05) is 0 Å². The van der Waals surface area contributed by atoms with Crippen LogP contribution in [0.2, 0.25) is 0 Å². The number of nitrogens with one attached hydrogen (secondary N) is 1. The van der Waals surface area contributed by atoms with Crippen LogP contribution in [-0.2, 0) is 0 Å². The van der Waals surface area contributed by atoms with Crippen LogP contribution in [0.4, 0.5) is 0 Å². The summed E-state index contributed by atoms with van der Waals surface area (Å²) < 4.78 is 0. The molecule has 1 fully saturated rings. The molecule has 1 atom stereocenters. The van der Waals surface area contributed by atoms with Gasteiger partial charge in [-0.15, -0.1) is 0 Å². The molecule has 0 aromatic heterocycles. The van der Waals surface area contributed by atoms with Crippen molar-refractivity contribution in [2.45, 2.75) is 38.6 Å². The Morgan fingerprint density at radius 2 is 2.27 bits per heavy atom. The summed E-state index contributed by atoms with van der Waals surface area (Å²) in [5, 5.41) is 3.38. The van der Waals surface area contributed by atoms with Crippen molar-refractivity contribution in [3.63, 3.8) is 0 Å². The van der Waals surface area contributed by atoms with Crippen LogP contribution < -0.4 is 11.1 Å². The Labute approximate surface area is 69.5 Å². The molecule has 1 aliphatic carbocycles. The van der Waals surface area contributed by atoms with Gasteiger partial charge in [-0.1, -0.05) is 19.8 Å². The molecule has 0 amide bonds. The molecule has 2 heteroatoms. The molecule has 3 N–H and O–H groups in total. The van der Waals surface area contributed by atoms with Gasteiger partial charge in [0.1, 0.15) is 0 Å². The van der Waals surface area contributed by atoms with Crippen molar-refractivity contribution in [2.75, 3.05) is 13.1 Å². The van der Waals surface area contributed by atoms with Gasteiger partial charge in [0.25, 0.3) is 0 Å². The fourth-order valence-corrected chi connectivity index (χ4v) is 1.14. The Morgan fingerprint density at radius 1 is 1.55 bits per heavy atom. The normalized spacial score (nSPS) is 20.2. The molecule has 0 aromatic rings. The van der Waals surface area contributed by atoms with Crippen molar-refractivity contribution in [3.05, 3.63) is 0 Å². The molecule has 11 heavy (non-hydrogen) atoms. The van der Waals surface area contributed by atoms with Gasteiger partial charge in [0.2, 0.25) is 0 Å². The lowest BCUT2D eigenvalue weighted by atomic mass is 10.2. The average Bonchev–Trinajstić information content (AvgIpc) is 2.81. The van der Waals surface area contributed by atoms with Gasteiger partial charge in [-0.25, -0.2) is 0 Å². The highest BCUT2D eigenvalue weighted by molar-refractivity contribution is 4.74. The van der Waals surface area contributed by atoms with E-state index in [-0.39, 0.29) is 0 Å². The molecular formula is C9H20N2. The van der Waals surface area contributed by atoms with Crippen LogP contribution in [-0.4, -0.2) is 19.1 Å². The summed E-state index contributed by atoms with van der Waals surface area (Å²) in [6.45, 7) is 4.29. The molecule has 1 saturated carbocycles. The average molecular weight is 156 g/mol. The van der Waals surface area contributed by atoms with Crippen LogP contribution in [0.5, 0.6) is 0 Å². The fraction of sp³-hybridized carbons (Fsp3) is 1.00. The predicted molar refractivity (Wildman–Crippen MR) is 48.5 cm³/mol.